The molecule has 0 saturated heterocycles. The van der Waals surface area contributed by atoms with E-state index in [0.717, 1.165) is 5.56 Å². The van der Waals surface area contributed by atoms with Gasteiger partial charge in [-0.05, 0) is 32.4 Å². The molecule has 0 saturated carbocycles. The molecule has 0 atom stereocenters. The van der Waals surface area contributed by atoms with Crippen molar-refractivity contribution in [3.8, 4) is 0 Å². The topological polar surface area (TPSA) is 55.8 Å². The van der Waals surface area contributed by atoms with Crippen molar-refractivity contribution in [2.75, 3.05) is 30.3 Å². The molecule has 6 heteroatoms. The molecule has 0 spiro atoms. The highest BCUT2D eigenvalue weighted by Gasteiger charge is 2.21. The van der Waals surface area contributed by atoms with Crippen molar-refractivity contribution in [2.24, 2.45) is 0 Å². The Hall–Kier alpha value is -1.11. The highest BCUT2D eigenvalue weighted by molar-refractivity contribution is 7.92. The van der Waals surface area contributed by atoms with Gasteiger partial charge in [-0.25, -0.2) is 8.42 Å². The Balaban J connectivity index is 2.88. The molecule has 0 heterocycles. The number of para-hydroxylation sites is 1. The maximum Gasteiger partial charge on any atom is 0.232 e. The molecule has 0 aromatic heterocycles. The van der Waals surface area contributed by atoms with Gasteiger partial charge in [-0.2, -0.15) is 0 Å². The van der Waals surface area contributed by atoms with E-state index in [-0.39, 0.29) is 6.29 Å². The van der Waals surface area contributed by atoms with Crippen LogP contribution in [0.25, 0.3) is 0 Å². The van der Waals surface area contributed by atoms with Crippen molar-refractivity contribution < 1.29 is 17.9 Å². The van der Waals surface area contributed by atoms with E-state index in [1.165, 1.54) is 10.6 Å². The molecule has 0 bridgehead atoms. The molecular formula is C15H25NO4S. The molecule has 0 radical (unpaired) electrons. The zero-order valence-corrected chi connectivity index (χ0v) is 14.0. The molecule has 1 aromatic carbocycles. The standard InChI is InChI=1S/C15H25NO4S/c1-5-19-15(20-6-2)11-12-16(21(4,17)18)14-10-8-7-9-13(14)3/h7-10,15H,5-6,11-12H2,1-4H3. The normalized spacial score (nSPS) is 11.9. The second-order valence-corrected chi connectivity index (χ2v) is 6.66. The fourth-order valence-electron chi connectivity index (χ4n) is 2.12. The Labute approximate surface area is 127 Å². The summed E-state index contributed by atoms with van der Waals surface area (Å²) in [6.07, 6.45) is 1.33. The first-order valence-electron chi connectivity index (χ1n) is 7.16. The maximum atomic E-state index is 12.1. The third-order valence-corrected chi connectivity index (χ3v) is 4.24. The van der Waals surface area contributed by atoms with Crippen LogP contribution in [-0.2, 0) is 19.5 Å². The van der Waals surface area contributed by atoms with Crippen LogP contribution >= 0.6 is 0 Å². The van der Waals surface area contributed by atoms with Crippen molar-refractivity contribution in [1.29, 1.82) is 0 Å². The van der Waals surface area contributed by atoms with Crippen LogP contribution < -0.4 is 4.31 Å². The smallest absolute Gasteiger partial charge is 0.232 e. The summed E-state index contributed by atoms with van der Waals surface area (Å²) < 4.78 is 36.5. The SMILES string of the molecule is CCOC(CCN(c1ccccc1C)S(C)(=O)=O)OCC. The number of aryl methyl sites for hydroxylation is 1. The van der Waals surface area contributed by atoms with Crippen molar-refractivity contribution in [2.45, 2.75) is 33.5 Å². The molecule has 0 amide bonds. The van der Waals surface area contributed by atoms with Crippen LogP contribution in [0.4, 0.5) is 5.69 Å². The number of ether oxygens (including phenoxy) is 2. The largest absolute Gasteiger partial charge is 0.353 e. The predicted molar refractivity (Wildman–Crippen MR) is 85.0 cm³/mol. The average Bonchev–Trinajstić information content (AvgIpc) is 2.40. The molecule has 5 nitrogen and oxygen atoms in total. The summed E-state index contributed by atoms with van der Waals surface area (Å²) in [5, 5.41) is 0. The summed E-state index contributed by atoms with van der Waals surface area (Å²) >= 11 is 0. The van der Waals surface area contributed by atoms with E-state index in [1.807, 2.05) is 45.0 Å². The zero-order valence-electron chi connectivity index (χ0n) is 13.2. The Morgan fingerprint density at radius 1 is 1.14 bits per heavy atom. The minimum absolute atomic E-state index is 0.328. The average molecular weight is 315 g/mol. The summed E-state index contributed by atoms with van der Waals surface area (Å²) in [6.45, 7) is 7.08. The number of benzene rings is 1. The summed E-state index contributed by atoms with van der Waals surface area (Å²) in [7, 11) is -3.34. The summed E-state index contributed by atoms with van der Waals surface area (Å²) in [6, 6.07) is 7.44. The first-order valence-corrected chi connectivity index (χ1v) is 9.01. The van der Waals surface area contributed by atoms with Gasteiger partial charge in [-0.3, -0.25) is 4.31 Å². The van der Waals surface area contributed by atoms with Crippen LogP contribution in [0.5, 0.6) is 0 Å². The molecule has 0 fully saturated rings. The van der Waals surface area contributed by atoms with Crippen LogP contribution in [-0.4, -0.2) is 40.7 Å². The van der Waals surface area contributed by atoms with Gasteiger partial charge in [0.15, 0.2) is 6.29 Å². The number of nitrogens with zero attached hydrogens (tertiary/aromatic N) is 1. The number of anilines is 1. The van der Waals surface area contributed by atoms with E-state index in [2.05, 4.69) is 0 Å². The van der Waals surface area contributed by atoms with Crippen molar-refractivity contribution >= 4 is 15.7 Å². The lowest BCUT2D eigenvalue weighted by Gasteiger charge is -2.26. The molecule has 0 unspecified atom stereocenters. The zero-order chi connectivity index (χ0) is 15.9. The van der Waals surface area contributed by atoms with Gasteiger partial charge in [0, 0.05) is 26.2 Å². The van der Waals surface area contributed by atoms with E-state index in [1.54, 1.807) is 0 Å². The number of hydrogen-bond donors (Lipinski definition) is 0. The van der Waals surface area contributed by atoms with Gasteiger partial charge in [0.05, 0.1) is 11.9 Å². The van der Waals surface area contributed by atoms with E-state index in [0.29, 0.717) is 31.9 Å². The molecule has 0 aliphatic rings. The van der Waals surface area contributed by atoms with Crippen molar-refractivity contribution in [3.05, 3.63) is 29.8 Å². The van der Waals surface area contributed by atoms with E-state index < -0.39 is 10.0 Å². The van der Waals surface area contributed by atoms with Crippen LogP contribution in [0.15, 0.2) is 24.3 Å². The van der Waals surface area contributed by atoms with Crippen LogP contribution in [0, 0.1) is 6.92 Å². The van der Waals surface area contributed by atoms with Crippen LogP contribution in [0.2, 0.25) is 0 Å². The monoisotopic (exact) mass is 315 g/mol. The van der Waals surface area contributed by atoms with E-state index in [4.69, 9.17) is 9.47 Å². The van der Waals surface area contributed by atoms with Gasteiger partial charge >= 0.3 is 0 Å². The second-order valence-electron chi connectivity index (χ2n) is 4.75. The van der Waals surface area contributed by atoms with Gasteiger partial charge in [0.25, 0.3) is 0 Å². The summed E-state index contributed by atoms with van der Waals surface area (Å²) in [5.74, 6) is 0. The number of sulfonamides is 1. The predicted octanol–water partition coefficient (Wildman–Crippen LogP) is 2.55. The van der Waals surface area contributed by atoms with Crippen LogP contribution in [0.3, 0.4) is 0 Å². The van der Waals surface area contributed by atoms with Gasteiger partial charge in [0.1, 0.15) is 0 Å². The third kappa shape index (κ3) is 5.65. The fourth-order valence-corrected chi connectivity index (χ4v) is 3.12. The number of hydrogen-bond acceptors (Lipinski definition) is 4. The fraction of sp³-hybridized carbons (Fsp3) is 0.600. The molecule has 21 heavy (non-hydrogen) atoms. The lowest BCUT2D eigenvalue weighted by atomic mass is 10.2. The van der Waals surface area contributed by atoms with Gasteiger partial charge in [-0.15, -0.1) is 0 Å². The van der Waals surface area contributed by atoms with Crippen LogP contribution in [0.1, 0.15) is 25.8 Å². The highest BCUT2D eigenvalue weighted by Crippen LogP contribution is 2.22. The molecule has 1 rings (SSSR count). The maximum absolute atomic E-state index is 12.1. The molecule has 0 aliphatic carbocycles. The Morgan fingerprint density at radius 3 is 2.19 bits per heavy atom. The Morgan fingerprint density at radius 2 is 1.71 bits per heavy atom. The second kappa shape index (κ2) is 8.36. The van der Waals surface area contributed by atoms with Gasteiger partial charge < -0.3 is 9.47 Å². The van der Waals surface area contributed by atoms with Gasteiger partial charge in [-0.1, -0.05) is 18.2 Å². The van der Waals surface area contributed by atoms with Gasteiger partial charge in [0.2, 0.25) is 10.0 Å². The molecular weight excluding hydrogens is 290 g/mol. The third-order valence-electron chi connectivity index (χ3n) is 3.06. The number of rotatable bonds is 9. The lowest BCUT2D eigenvalue weighted by molar-refractivity contribution is -0.137. The lowest BCUT2D eigenvalue weighted by Crippen LogP contribution is -2.34. The van der Waals surface area contributed by atoms with Crippen molar-refractivity contribution in [1.82, 2.24) is 0 Å². The van der Waals surface area contributed by atoms with Crippen molar-refractivity contribution in [3.63, 3.8) is 0 Å². The molecule has 1 aromatic rings. The molecule has 120 valence electrons. The minimum Gasteiger partial charge on any atom is -0.353 e. The first-order chi connectivity index (χ1) is 9.90. The quantitative estimate of drug-likeness (QED) is 0.657. The van der Waals surface area contributed by atoms with E-state index >= 15 is 0 Å². The Bertz CT molecular complexity index is 524. The Kier molecular flexibility index (Phi) is 7.14. The summed E-state index contributed by atoms with van der Waals surface area (Å²) in [5.41, 5.74) is 1.62. The highest BCUT2D eigenvalue weighted by atomic mass is 32.2. The van der Waals surface area contributed by atoms with E-state index in [9.17, 15) is 8.42 Å². The molecule has 0 N–H and O–H groups in total. The first kappa shape index (κ1) is 17.9. The minimum atomic E-state index is -3.34. The molecule has 0 aliphatic heterocycles. The summed E-state index contributed by atoms with van der Waals surface area (Å²) in [4.78, 5) is 0.